The van der Waals surface area contributed by atoms with Crippen molar-refractivity contribution >= 4 is 56.0 Å². The summed E-state index contributed by atoms with van der Waals surface area (Å²) in [6.07, 6.45) is 1.37. The number of hydrogen-bond donors (Lipinski definition) is 2. The number of pyridine rings is 2. The molecule has 2 N–H and O–H groups in total. The molecule has 5 aromatic rings. The summed E-state index contributed by atoms with van der Waals surface area (Å²) >= 11 is 0. The minimum absolute atomic E-state index is 0.0462. The Morgan fingerprint density at radius 3 is 2.56 bits per heavy atom. The van der Waals surface area contributed by atoms with Gasteiger partial charge in [-0.1, -0.05) is 12.1 Å². The van der Waals surface area contributed by atoms with E-state index in [1.54, 1.807) is 49.6 Å². The van der Waals surface area contributed by atoms with E-state index in [4.69, 9.17) is 24.1 Å². The summed E-state index contributed by atoms with van der Waals surface area (Å²) in [5, 5.41) is 14.1. The maximum Gasteiger partial charge on any atom is 0.419 e. The number of methoxy groups -OCH3 is 1. The highest BCUT2D eigenvalue weighted by Gasteiger charge is 2.23. The zero-order valence-corrected chi connectivity index (χ0v) is 23.7. The zero-order chi connectivity index (χ0) is 30.2. The van der Waals surface area contributed by atoms with E-state index >= 15 is 0 Å². The molecular weight excluding hydrogens is 556 g/mol. The molecule has 2 aromatic heterocycles. The molecule has 1 aliphatic rings. The number of aliphatic hydroxyl groups excluding tert-OH is 1. The molecule has 0 spiro atoms. The molecule has 2 amide bonds. The van der Waals surface area contributed by atoms with Crippen molar-refractivity contribution in [1.82, 2.24) is 9.55 Å². The smallest absolute Gasteiger partial charge is 0.419 e. The van der Waals surface area contributed by atoms with Gasteiger partial charge < -0.3 is 33.9 Å². The lowest BCUT2D eigenvalue weighted by atomic mass is 10.0. The summed E-state index contributed by atoms with van der Waals surface area (Å²) < 4.78 is 23.9. The molecule has 12 nitrogen and oxygen atoms in total. The van der Waals surface area contributed by atoms with Gasteiger partial charge in [0.2, 0.25) is 12.7 Å². The number of aliphatic hydroxyl groups is 1. The van der Waals surface area contributed by atoms with Crippen molar-refractivity contribution in [2.45, 2.75) is 12.8 Å². The molecule has 12 heteroatoms. The van der Waals surface area contributed by atoms with Crippen LogP contribution in [-0.2, 0) is 11.8 Å². The van der Waals surface area contributed by atoms with E-state index in [1.165, 1.54) is 29.7 Å². The Labute approximate surface area is 245 Å². The van der Waals surface area contributed by atoms with E-state index < -0.39 is 6.09 Å². The topological polar surface area (TPSA) is 141 Å². The monoisotopic (exact) mass is 584 g/mol. The molecule has 43 heavy (non-hydrogen) atoms. The Bertz CT molecular complexity index is 1990. The van der Waals surface area contributed by atoms with Crippen molar-refractivity contribution in [2.24, 2.45) is 7.05 Å². The first-order valence-corrected chi connectivity index (χ1v) is 13.5. The number of ether oxygens (including phenoxy) is 4. The molecule has 0 saturated carbocycles. The number of rotatable bonds is 7. The predicted octanol–water partition coefficient (Wildman–Crippen LogP) is 4.32. The number of carbonyl (C=O) groups excluding carboxylic acids is 2. The van der Waals surface area contributed by atoms with E-state index in [9.17, 15) is 14.4 Å². The average Bonchev–Trinajstić information content (AvgIpc) is 3.48. The molecule has 0 bridgehead atoms. The Morgan fingerprint density at radius 2 is 1.79 bits per heavy atom. The second kappa shape index (κ2) is 11.1. The van der Waals surface area contributed by atoms with E-state index in [-0.39, 0.29) is 42.8 Å². The number of benzene rings is 3. The Morgan fingerprint density at radius 1 is 1.05 bits per heavy atom. The van der Waals surface area contributed by atoms with Crippen LogP contribution in [0.1, 0.15) is 12.8 Å². The van der Waals surface area contributed by atoms with Crippen molar-refractivity contribution in [3.8, 4) is 23.0 Å². The van der Waals surface area contributed by atoms with Crippen molar-refractivity contribution in [1.29, 1.82) is 0 Å². The lowest BCUT2D eigenvalue weighted by Gasteiger charge is -2.21. The number of nitrogens with zero attached hydrogens (tertiary/aromatic N) is 3. The van der Waals surface area contributed by atoms with Crippen LogP contribution in [0.5, 0.6) is 23.0 Å². The van der Waals surface area contributed by atoms with Gasteiger partial charge in [0.15, 0.2) is 23.0 Å². The maximum absolute atomic E-state index is 13.7. The van der Waals surface area contributed by atoms with Crippen LogP contribution >= 0.6 is 0 Å². The van der Waals surface area contributed by atoms with Crippen LogP contribution in [0.3, 0.4) is 0 Å². The molecule has 3 aromatic carbocycles. The quantitative estimate of drug-likeness (QED) is 0.268. The predicted molar refractivity (Wildman–Crippen MR) is 160 cm³/mol. The summed E-state index contributed by atoms with van der Waals surface area (Å²) in [4.78, 5) is 45.1. The number of fused-ring (bicyclic) bond motifs is 6. The Balaban J connectivity index is 1.39. The third kappa shape index (κ3) is 4.91. The van der Waals surface area contributed by atoms with Crippen LogP contribution in [-0.4, -0.2) is 54.2 Å². The normalized spacial score (nSPS) is 12.1. The van der Waals surface area contributed by atoms with Gasteiger partial charge in [0.25, 0.3) is 5.56 Å². The Kier molecular flexibility index (Phi) is 7.20. The molecule has 1 aliphatic heterocycles. The highest BCUT2D eigenvalue weighted by molar-refractivity contribution is 6.15. The summed E-state index contributed by atoms with van der Waals surface area (Å²) in [6.45, 7) is 0.0111. The standard InChI is InChI=1S/C31H28N4O8/c1-34(23-8-5-4-7-21(23)33-28(37)9-6-10-36)31(39)43-27-12-18-17(11-24(27)40-3)20-15-32-22-14-26-25(41-16-42-26)13-19(22)29(20)35(2)30(18)38/h4-5,7-8,11-15,36H,6,9-10,16H2,1-3H3,(H,33,37). The number of hydrogen-bond acceptors (Lipinski definition) is 9. The maximum atomic E-state index is 13.7. The zero-order valence-electron chi connectivity index (χ0n) is 23.7. The minimum Gasteiger partial charge on any atom is -0.493 e. The number of carbonyl (C=O) groups is 2. The summed E-state index contributed by atoms with van der Waals surface area (Å²) in [5.41, 5.74) is 1.79. The number of nitrogens with one attached hydrogen (secondary N) is 1. The molecule has 0 fully saturated rings. The summed E-state index contributed by atoms with van der Waals surface area (Å²) in [6, 6.07) is 13.5. The molecule has 0 aliphatic carbocycles. The lowest BCUT2D eigenvalue weighted by molar-refractivity contribution is -0.116. The van der Waals surface area contributed by atoms with E-state index in [0.717, 1.165) is 5.39 Å². The van der Waals surface area contributed by atoms with Crippen LogP contribution in [0.2, 0.25) is 0 Å². The van der Waals surface area contributed by atoms with Gasteiger partial charge in [-0.05, 0) is 36.8 Å². The van der Waals surface area contributed by atoms with Gasteiger partial charge in [-0.25, -0.2) is 4.79 Å². The van der Waals surface area contributed by atoms with Crippen LogP contribution < -0.4 is 34.7 Å². The Hall–Kier alpha value is -5.36. The SMILES string of the molecule is COc1cc2c(cc1OC(=O)N(C)c1ccccc1NC(=O)CCCO)c(=O)n(C)c1c3cc4c(cc3ncc21)OCO4. The van der Waals surface area contributed by atoms with Crippen LogP contribution in [0, 0.1) is 0 Å². The largest absolute Gasteiger partial charge is 0.493 e. The van der Waals surface area contributed by atoms with Crippen molar-refractivity contribution in [3.63, 3.8) is 0 Å². The van der Waals surface area contributed by atoms with Gasteiger partial charge >= 0.3 is 6.09 Å². The molecule has 0 saturated heterocycles. The lowest BCUT2D eigenvalue weighted by Crippen LogP contribution is -2.30. The number of anilines is 2. The van der Waals surface area contributed by atoms with Gasteiger partial charge in [0.1, 0.15) is 0 Å². The molecule has 0 unspecified atom stereocenters. The first kappa shape index (κ1) is 27.8. The number of para-hydroxylation sites is 2. The fourth-order valence-electron chi connectivity index (χ4n) is 5.19. The highest BCUT2D eigenvalue weighted by Crippen LogP contribution is 2.40. The molecular formula is C31H28N4O8. The van der Waals surface area contributed by atoms with Crippen LogP contribution in [0.25, 0.3) is 32.6 Å². The molecule has 0 radical (unpaired) electrons. The van der Waals surface area contributed by atoms with Crippen molar-refractivity contribution in [2.75, 3.05) is 37.8 Å². The van der Waals surface area contributed by atoms with E-state index in [1.807, 2.05) is 6.07 Å². The van der Waals surface area contributed by atoms with E-state index in [2.05, 4.69) is 10.3 Å². The molecule has 220 valence electrons. The minimum atomic E-state index is -0.768. The number of aromatic nitrogens is 2. The first-order chi connectivity index (χ1) is 20.8. The van der Waals surface area contributed by atoms with Gasteiger partial charge in [0.05, 0.1) is 34.9 Å². The third-order valence-electron chi connectivity index (χ3n) is 7.37. The van der Waals surface area contributed by atoms with Gasteiger partial charge in [0, 0.05) is 55.5 Å². The van der Waals surface area contributed by atoms with Crippen molar-refractivity contribution in [3.05, 3.63) is 65.1 Å². The second-order valence-corrected chi connectivity index (χ2v) is 9.98. The fourth-order valence-corrected chi connectivity index (χ4v) is 5.19. The molecule has 6 rings (SSSR count). The van der Waals surface area contributed by atoms with Crippen LogP contribution in [0.15, 0.2) is 59.5 Å². The molecule has 0 atom stereocenters. The first-order valence-electron chi connectivity index (χ1n) is 13.5. The fraction of sp³-hybridized carbons (Fsp3) is 0.226. The van der Waals surface area contributed by atoms with Gasteiger partial charge in [-0.3, -0.25) is 19.5 Å². The highest BCUT2D eigenvalue weighted by atomic mass is 16.7. The van der Waals surface area contributed by atoms with E-state index in [0.29, 0.717) is 56.5 Å². The number of aryl methyl sites for hydroxylation is 1. The van der Waals surface area contributed by atoms with Crippen LogP contribution in [0.4, 0.5) is 16.2 Å². The van der Waals surface area contributed by atoms with Crippen molar-refractivity contribution < 1.29 is 33.6 Å². The van der Waals surface area contributed by atoms with Gasteiger partial charge in [-0.15, -0.1) is 0 Å². The van der Waals surface area contributed by atoms with Gasteiger partial charge in [-0.2, -0.15) is 0 Å². The average molecular weight is 585 g/mol. The number of amides is 2. The summed E-state index contributed by atoms with van der Waals surface area (Å²) in [7, 11) is 4.62. The third-order valence-corrected chi connectivity index (χ3v) is 7.37. The summed E-state index contributed by atoms with van der Waals surface area (Å²) in [5.74, 6) is 1.15. The second-order valence-electron chi connectivity index (χ2n) is 9.98. The molecule has 3 heterocycles.